The Morgan fingerprint density at radius 1 is 1.69 bits per heavy atom. The molecule has 1 aromatic heterocycles. The molecule has 0 bridgehead atoms. The van der Waals surface area contributed by atoms with Crippen LogP contribution < -0.4 is 5.32 Å². The summed E-state index contributed by atoms with van der Waals surface area (Å²) in [5, 5.41) is 11.4. The second kappa shape index (κ2) is 6.14. The maximum absolute atomic E-state index is 11.2. The first-order valence-electron chi connectivity index (χ1n) is 4.58. The van der Waals surface area contributed by atoms with Gasteiger partial charge in [-0.2, -0.15) is 5.26 Å². The highest BCUT2D eigenvalue weighted by Gasteiger charge is 2.08. The topological polar surface area (TPSA) is 87.9 Å². The zero-order valence-electron chi connectivity index (χ0n) is 8.67. The molecule has 0 aliphatic carbocycles. The Balaban J connectivity index is 2.68. The molecule has 0 spiro atoms. The molecule has 0 fully saturated rings. The predicted molar refractivity (Wildman–Crippen MR) is 56.0 cm³/mol. The van der Waals surface area contributed by atoms with Crippen LogP contribution in [0.2, 0.25) is 0 Å². The van der Waals surface area contributed by atoms with Gasteiger partial charge in [0.25, 0.3) is 0 Å². The smallest absolute Gasteiger partial charge is 0.350 e. The van der Waals surface area contributed by atoms with Gasteiger partial charge < -0.3 is 10.1 Å². The lowest BCUT2D eigenvalue weighted by Crippen LogP contribution is -2.08. The lowest BCUT2D eigenvalue weighted by Gasteiger charge is -2.00. The molecule has 1 heterocycles. The average Bonchev–Trinajstić information content (AvgIpc) is 2.31. The predicted octanol–water partition coefficient (Wildman–Crippen LogP) is 0.859. The minimum absolute atomic E-state index is 0.118. The van der Waals surface area contributed by atoms with E-state index in [-0.39, 0.29) is 12.2 Å². The van der Waals surface area contributed by atoms with E-state index < -0.39 is 5.97 Å². The largest absolute Gasteiger partial charge is 0.462 e. The fourth-order valence-corrected chi connectivity index (χ4v) is 0.865. The number of hydrogen-bond acceptors (Lipinski definition) is 6. The molecule has 0 radical (unpaired) electrons. The van der Waals surface area contributed by atoms with E-state index in [9.17, 15) is 4.79 Å². The summed E-state index contributed by atoms with van der Waals surface area (Å²) in [7, 11) is 0. The first-order chi connectivity index (χ1) is 7.77. The van der Waals surface area contributed by atoms with Crippen LogP contribution in [0.3, 0.4) is 0 Å². The second-order valence-corrected chi connectivity index (χ2v) is 2.63. The Bertz CT molecular complexity index is 422. The number of esters is 1. The highest BCUT2D eigenvalue weighted by molar-refractivity contribution is 5.93. The van der Waals surface area contributed by atoms with E-state index in [1.165, 1.54) is 24.8 Å². The van der Waals surface area contributed by atoms with E-state index in [0.717, 1.165) is 0 Å². The minimum Gasteiger partial charge on any atom is -0.462 e. The molecule has 0 atom stereocenters. The maximum Gasteiger partial charge on any atom is 0.350 e. The first-order valence-corrected chi connectivity index (χ1v) is 4.58. The van der Waals surface area contributed by atoms with Gasteiger partial charge in [-0.1, -0.05) is 0 Å². The molecule has 6 heteroatoms. The van der Waals surface area contributed by atoms with Gasteiger partial charge >= 0.3 is 5.97 Å². The summed E-state index contributed by atoms with van der Waals surface area (Å²) in [6, 6.07) is 1.73. The Labute approximate surface area is 92.6 Å². The van der Waals surface area contributed by atoms with Crippen molar-refractivity contribution in [3.05, 3.63) is 30.4 Å². The van der Waals surface area contributed by atoms with Crippen LogP contribution in [0, 0.1) is 11.3 Å². The average molecular weight is 218 g/mol. The quantitative estimate of drug-likeness (QED) is 0.458. The number of rotatable bonds is 4. The zero-order valence-corrected chi connectivity index (χ0v) is 8.67. The lowest BCUT2D eigenvalue weighted by atomic mass is 10.3. The van der Waals surface area contributed by atoms with E-state index >= 15 is 0 Å². The Kier molecular flexibility index (Phi) is 4.47. The molecule has 1 aromatic rings. The Morgan fingerprint density at radius 3 is 3.06 bits per heavy atom. The minimum atomic E-state index is -0.665. The summed E-state index contributed by atoms with van der Waals surface area (Å²) < 4.78 is 4.68. The van der Waals surface area contributed by atoms with Crippen molar-refractivity contribution in [1.29, 1.82) is 5.26 Å². The molecular weight excluding hydrogens is 208 g/mol. The molecule has 82 valence electrons. The Morgan fingerprint density at radius 2 is 2.50 bits per heavy atom. The summed E-state index contributed by atoms with van der Waals surface area (Å²) in [6.07, 6.45) is 5.72. The summed E-state index contributed by atoms with van der Waals surface area (Å²) in [4.78, 5) is 18.9. The Hall–Kier alpha value is -2.42. The van der Waals surface area contributed by atoms with Crippen LogP contribution in [0.4, 0.5) is 5.82 Å². The molecule has 6 nitrogen and oxygen atoms in total. The van der Waals surface area contributed by atoms with Crippen molar-refractivity contribution in [2.24, 2.45) is 0 Å². The van der Waals surface area contributed by atoms with E-state index in [0.29, 0.717) is 5.82 Å². The van der Waals surface area contributed by atoms with Crippen LogP contribution in [0.5, 0.6) is 0 Å². The van der Waals surface area contributed by atoms with E-state index in [1.807, 2.05) is 0 Å². The van der Waals surface area contributed by atoms with Gasteiger partial charge in [0.15, 0.2) is 5.57 Å². The van der Waals surface area contributed by atoms with Gasteiger partial charge in [-0.15, -0.1) is 0 Å². The number of nitriles is 1. The fourth-order valence-electron chi connectivity index (χ4n) is 0.865. The van der Waals surface area contributed by atoms with E-state index in [4.69, 9.17) is 5.26 Å². The van der Waals surface area contributed by atoms with Crippen molar-refractivity contribution in [1.82, 2.24) is 9.97 Å². The number of aromatic nitrogens is 2. The molecule has 0 aliphatic heterocycles. The monoisotopic (exact) mass is 218 g/mol. The lowest BCUT2D eigenvalue weighted by molar-refractivity contribution is -0.138. The van der Waals surface area contributed by atoms with Crippen molar-refractivity contribution >= 4 is 11.8 Å². The summed E-state index contributed by atoms with van der Waals surface area (Å²) in [5.74, 6) is -0.221. The van der Waals surface area contributed by atoms with Gasteiger partial charge in [-0.3, -0.25) is 4.98 Å². The molecule has 0 saturated carbocycles. The third kappa shape index (κ3) is 3.38. The van der Waals surface area contributed by atoms with Crippen LogP contribution in [0.1, 0.15) is 6.92 Å². The third-order valence-corrected chi connectivity index (χ3v) is 1.54. The standard InChI is InChI=1S/C10H10N4O2/c1-2-16-10(15)8(5-11)6-14-9-7-12-3-4-13-9/h3-4,6-7H,2H2,1H3,(H,13,14). The molecule has 0 unspecified atom stereocenters. The van der Waals surface area contributed by atoms with Crippen LogP contribution >= 0.6 is 0 Å². The van der Waals surface area contributed by atoms with E-state index in [1.54, 1.807) is 13.0 Å². The highest BCUT2D eigenvalue weighted by atomic mass is 16.5. The number of carbonyl (C=O) groups is 1. The van der Waals surface area contributed by atoms with Crippen molar-refractivity contribution in [2.45, 2.75) is 6.92 Å². The summed E-state index contributed by atoms with van der Waals surface area (Å²) >= 11 is 0. The number of carbonyl (C=O) groups excluding carboxylic acids is 1. The van der Waals surface area contributed by atoms with Crippen molar-refractivity contribution in [3.8, 4) is 6.07 Å². The van der Waals surface area contributed by atoms with E-state index in [2.05, 4.69) is 20.0 Å². The van der Waals surface area contributed by atoms with Crippen LogP contribution in [-0.4, -0.2) is 22.5 Å². The number of nitrogens with zero attached hydrogens (tertiary/aromatic N) is 3. The number of hydrogen-bond donors (Lipinski definition) is 1. The normalized spacial score (nSPS) is 10.4. The molecule has 1 rings (SSSR count). The molecular formula is C10H10N4O2. The molecule has 16 heavy (non-hydrogen) atoms. The van der Waals surface area contributed by atoms with Gasteiger partial charge in [-0.05, 0) is 6.92 Å². The van der Waals surface area contributed by atoms with Gasteiger partial charge in [-0.25, -0.2) is 9.78 Å². The van der Waals surface area contributed by atoms with Crippen LogP contribution in [0.25, 0.3) is 0 Å². The SMILES string of the molecule is CCOC(=O)C(C#N)=CNc1cnccn1. The second-order valence-electron chi connectivity index (χ2n) is 2.63. The number of nitrogens with one attached hydrogen (secondary N) is 1. The van der Waals surface area contributed by atoms with Crippen molar-refractivity contribution < 1.29 is 9.53 Å². The summed E-state index contributed by atoms with van der Waals surface area (Å²) in [5.41, 5.74) is -0.118. The third-order valence-electron chi connectivity index (χ3n) is 1.54. The fraction of sp³-hybridized carbons (Fsp3) is 0.200. The maximum atomic E-state index is 11.2. The van der Waals surface area contributed by atoms with Crippen LogP contribution in [-0.2, 0) is 9.53 Å². The molecule has 0 amide bonds. The molecule has 1 N–H and O–H groups in total. The van der Waals surface area contributed by atoms with Gasteiger partial charge in [0.1, 0.15) is 11.9 Å². The zero-order chi connectivity index (χ0) is 11.8. The first kappa shape index (κ1) is 11.7. The van der Waals surface area contributed by atoms with Crippen molar-refractivity contribution in [3.63, 3.8) is 0 Å². The van der Waals surface area contributed by atoms with Crippen LogP contribution in [0.15, 0.2) is 30.4 Å². The molecule has 0 saturated heterocycles. The van der Waals surface area contributed by atoms with Gasteiger partial charge in [0, 0.05) is 18.6 Å². The molecule has 0 aliphatic rings. The highest BCUT2D eigenvalue weighted by Crippen LogP contribution is 2.01. The van der Waals surface area contributed by atoms with Gasteiger partial charge in [0.2, 0.25) is 0 Å². The summed E-state index contributed by atoms with van der Waals surface area (Å²) in [6.45, 7) is 1.89. The number of anilines is 1. The number of ether oxygens (including phenoxy) is 1. The van der Waals surface area contributed by atoms with Gasteiger partial charge in [0.05, 0.1) is 12.8 Å². The van der Waals surface area contributed by atoms with Crippen molar-refractivity contribution in [2.75, 3.05) is 11.9 Å². The molecule has 0 aromatic carbocycles.